The second-order valence-electron chi connectivity index (χ2n) is 4.83. The van der Waals surface area contributed by atoms with Crippen molar-refractivity contribution in [2.45, 2.75) is 18.4 Å². The first-order valence-corrected chi connectivity index (χ1v) is 8.40. The summed E-state index contributed by atoms with van der Waals surface area (Å²) in [5.74, 6) is 0.292. The molecule has 0 aliphatic carbocycles. The highest BCUT2D eigenvalue weighted by Crippen LogP contribution is 2.29. The van der Waals surface area contributed by atoms with Crippen molar-refractivity contribution in [2.24, 2.45) is 0 Å². The van der Waals surface area contributed by atoms with E-state index in [1.807, 2.05) is 30.3 Å². The molecule has 0 radical (unpaired) electrons. The highest BCUT2D eigenvalue weighted by molar-refractivity contribution is 7.89. The molecule has 0 amide bonds. The molecule has 0 aliphatic heterocycles. The molecule has 0 atom stereocenters. The summed E-state index contributed by atoms with van der Waals surface area (Å²) in [7, 11) is -2.24. The zero-order valence-corrected chi connectivity index (χ0v) is 13.5. The Balaban J connectivity index is 2.41. The molecule has 0 aromatic heterocycles. The van der Waals surface area contributed by atoms with Crippen LogP contribution in [-0.4, -0.2) is 26.4 Å². The molecule has 118 valence electrons. The lowest BCUT2D eigenvalue weighted by Gasteiger charge is -2.22. The van der Waals surface area contributed by atoms with Crippen molar-refractivity contribution in [1.82, 2.24) is 4.31 Å². The average Bonchev–Trinajstić information content (AvgIpc) is 2.53. The van der Waals surface area contributed by atoms with Gasteiger partial charge in [0.25, 0.3) is 0 Å². The van der Waals surface area contributed by atoms with Crippen LogP contribution in [-0.2, 0) is 16.6 Å². The fourth-order valence-electron chi connectivity index (χ4n) is 2.19. The van der Waals surface area contributed by atoms with Crippen molar-refractivity contribution in [3.8, 4) is 5.75 Å². The molecule has 0 saturated heterocycles. The normalized spacial score (nSPS) is 11.6. The first-order chi connectivity index (χ1) is 10.5. The van der Waals surface area contributed by atoms with Gasteiger partial charge in [0.05, 0.1) is 7.11 Å². The van der Waals surface area contributed by atoms with Crippen molar-refractivity contribution in [2.75, 3.05) is 19.4 Å². The van der Waals surface area contributed by atoms with E-state index in [2.05, 4.69) is 0 Å². The van der Waals surface area contributed by atoms with E-state index in [-0.39, 0.29) is 4.90 Å². The minimum absolute atomic E-state index is 0.0905. The van der Waals surface area contributed by atoms with E-state index in [0.29, 0.717) is 24.5 Å². The van der Waals surface area contributed by atoms with Gasteiger partial charge in [-0.1, -0.05) is 37.3 Å². The molecule has 5 nitrogen and oxygen atoms in total. The van der Waals surface area contributed by atoms with Crippen LogP contribution in [0.25, 0.3) is 0 Å². The number of nitrogens with two attached hydrogens (primary N) is 1. The molecule has 2 aromatic carbocycles. The summed E-state index contributed by atoms with van der Waals surface area (Å²) in [6, 6.07) is 14.1. The van der Waals surface area contributed by atoms with Crippen molar-refractivity contribution in [1.29, 1.82) is 0 Å². The van der Waals surface area contributed by atoms with Crippen LogP contribution in [0.1, 0.15) is 12.5 Å². The minimum Gasteiger partial charge on any atom is -0.495 e. The molecular formula is C16H20N2O3S. The third kappa shape index (κ3) is 3.40. The molecule has 0 aliphatic rings. The molecule has 0 bridgehead atoms. The zero-order chi connectivity index (χ0) is 16.2. The van der Waals surface area contributed by atoms with E-state index in [1.54, 1.807) is 19.1 Å². The maximum absolute atomic E-state index is 12.9. The molecule has 0 unspecified atom stereocenters. The van der Waals surface area contributed by atoms with Crippen LogP contribution in [0, 0.1) is 0 Å². The second kappa shape index (κ2) is 6.81. The third-order valence-electron chi connectivity index (χ3n) is 3.36. The number of hydrogen-bond acceptors (Lipinski definition) is 4. The van der Waals surface area contributed by atoms with Gasteiger partial charge in [-0.2, -0.15) is 4.31 Å². The van der Waals surface area contributed by atoms with Gasteiger partial charge in [-0.05, 0) is 23.8 Å². The van der Waals surface area contributed by atoms with Gasteiger partial charge in [0.15, 0.2) is 0 Å². The molecule has 2 rings (SSSR count). The highest BCUT2D eigenvalue weighted by atomic mass is 32.2. The van der Waals surface area contributed by atoms with Gasteiger partial charge in [0, 0.05) is 18.8 Å². The largest absolute Gasteiger partial charge is 0.495 e. The molecule has 0 spiro atoms. The van der Waals surface area contributed by atoms with Crippen LogP contribution < -0.4 is 10.5 Å². The Bertz CT molecular complexity index is 730. The van der Waals surface area contributed by atoms with Crippen LogP contribution in [0.15, 0.2) is 53.4 Å². The van der Waals surface area contributed by atoms with Gasteiger partial charge in [-0.3, -0.25) is 0 Å². The summed E-state index contributed by atoms with van der Waals surface area (Å²) >= 11 is 0. The van der Waals surface area contributed by atoms with E-state index in [0.717, 1.165) is 5.56 Å². The number of sulfonamides is 1. The monoisotopic (exact) mass is 320 g/mol. The van der Waals surface area contributed by atoms with Crippen LogP contribution in [0.5, 0.6) is 5.75 Å². The van der Waals surface area contributed by atoms with Gasteiger partial charge in [-0.15, -0.1) is 0 Å². The third-order valence-corrected chi connectivity index (χ3v) is 5.30. The fraction of sp³-hybridized carbons (Fsp3) is 0.250. The Kier molecular flexibility index (Phi) is 5.05. The fourth-order valence-corrected chi connectivity index (χ4v) is 3.82. The van der Waals surface area contributed by atoms with Crippen LogP contribution in [0.3, 0.4) is 0 Å². The first-order valence-electron chi connectivity index (χ1n) is 6.96. The molecule has 2 aromatic rings. The Hall–Kier alpha value is -2.05. The van der Waals surface area contributed by atoms with Crippen molar-refractivity contribution in [3.05, 3.63) is 54.1 Å². The maximum Gasteiger partial charge on any atom is 0.247 e. The Morgan fingerprint density at radius 1 is 1.14 bits per heavy atom. The Labute approximate surface area is 131 Å². The number of benzene rings is 2. The summed E-state index contributed by atoms with van der Waals surface area (Å²) in [5.41, 5.74) is 7.05. The number of methoxy groups -OCH3 is 1. The standard InChI is InChI=1S/C16H20N2O3S/c1-3-18(12-13-7-5-4-6-8-13)22(19,20)16-11-14(17)9-10-15(16)21-2/h4-11H,3,12,17H2,1-2H3. The van der Waals surface area contributed by atoms with Crippen LogP contribution >= 0.6 is 0 Å². The highest BCUT2D eigenvalue weighted by Gasteiger charge is 2.27. The number of anilines is 1. The van der Waals surface area contributed by atoms with Gasteiger partial charge in [0.1, 0.15) is 10.6 Å². The van der Waals surface area contributed by atoms with E-state index in [1.165, 1.54) is 17.5 Å². The summed E-state index contributed by atoms with van der Waals surface area (Å²) in [5, 5.41) is 0. The van der Waals surface area contributed by atoms with Crippen molar-refractivity contribution in [3.63, 3.8) is 0 Å². The van der Waals surface area contributed by atoms with Crippen molar-refractivity contribution < 1.29 is 13.2 Å². The molecule has 6 heteroatoms. The molecule has 22 heavy (non-hydrogen) atoms. The number of rotatable bonds is 6. The average molecular weight is 320 g/mol. The first kappa shape index (κ1) is 16.3. The van der Waals surface area contributed by atoms with E-state index < -0.39 is 10.0 Å². The molecule has 0 fully saturated rings. The van der Waals surface area contributed by atoms with E-state index in [9.17, 15) is 8.42 Å². The topological polar surface area (TPSA) is 72.6 Å². The Morgan fingerprint density at radius 3 is 2.41 bits per heavy atom. The molecular weight excluding hydrogens is 300 g/mol. The summed E-state index contributed by atoms with van der Waals surface area (Å²) < 4.78 is 32.4. The number of nitrogen functional groups attached to an aromatic ring is 1. The predicted octanol–water partition coefficient (Wildman–Crippen LogP) is 2.49. The van der Waals surface area contributed by atoms with Gasteiger partial charge >= 0.3 is 0 Å². The number of hydrogen-bond donors (Lipinski definition) is 1. The van der Waals surface area contributed by atoms with Crippen LogP contribution in [0.4, 0.5) is 5.69 Å². The van der Waals surface area contributed by atoms with E-state index >= 15 is 0 Å². The van der Waals surface area contributed by atoms with Crippen LogP contribution in [0.2, 0.25) is 0 Å². The lowest BCUT2D eigenvalue weighted by Crippen LogP contribution is -2.30. The lowest BCUT2D eigenvalue weighted by molar-refractivity contribution is 0.391. The second-order valence-corrected chi connectivity index (χ2v) is 6.73. The van der Waals surface area contributed by atoms with Gasteiger partial charge < -0.3 is 10.5 Å². The zero-order valence-electron chi connectivity index (χ0n) is 12.7. The van der Waals surface area contributed by atoms with Gasteiger partial charge in [0.2, 0.25) is 10.0 Å². The number of nitrogens with zero attached hydrogens (tertiary/aromatic N) is 1. The molecule has 2 N–H and O–H groups in total. The summed E-state index contributed by atoms with van der Waals surface area (Å²) in [6.45, 7) is 2.46. The predicted molar refractivity (Wildman–Crippen MR) is 87.1 cm³/mol. The molecule has 0 heterocycles. The minimum atomic E-state index is -3.69. The lowest BCUT2D eigenvalue weighted by atomic mass is 10.2. The van der Waals surface area contributed by atoms with Gasteiger partial charge in [-0.25, -0.2) is 8.42 Å². The quantitative estimate of drug-likeness (QED) is 0.830. The number of ether oxygens (including phenoxy) is 1. The molecule has 0 saturated carbocycles. The SMILES string of the molecule is CCN(Cc1ccccc1)S(=O)(=O)c1cc(N)ccc1OC. The smallest absolute Gasteiger partial charge is 0.247 e. The summed E-state index contributed by atoms with van der Waals surface area (Å²) in [4.78, 5) is 0.0905. The Morgan fingerprint density at radius 2 is 1.82 bits per heavy atom. The van der Waals surface area contributed by atoms with E-state index in [4.69, 9.17) is 10.5 Å². The van der Waals surface area contributed by atoms with Crippen molar-refractivity contribution >= 4 is 15.7 Å². The maximum atomic E-state index is 12.9. The summed E-state index contributed by atoms with van der Waals surface area (Å²) in [6.07, 6.45) is 0.